The van der Waals surface area contributed by atoms with Crippen LogP contribution >= 0.6 is 19.2 Å². The largest absolute Gasteiger partial charge is 0.508 e. The Hall–Kier alpha value is -2.71. The monoisotopic (exact) mass is 483 g/mol. The minimum Gasteiger partial charge on any atom is -0.508 e. The van der Waals surface area contributed by atoms with Gasteiger partial charge in [0.15, 0.2) is 5.78 Å². The first-order valence-electron chi connectivity index (χ1n) is 9.35. The van der Waals surface area contributed by atoms with E-state index in [4.69, 9.17) is 20.6 Å². The zero-order chi connectivity index (χ0) is 23.9. The molecule has 1 atom stereocenters. The fraction of sp³-hybridized carbons (Fsp3) is 0.286. The third-order valence-corrected chi connectivity index (χ3v) is 6.91. The third-order valence-electron chi connectivity index (χ3n) is 4.60. The van der Waals surface area contributed by atoms with Gasteiger partial charge in [0.1, 0.15) is 5.75 Å². The topological polar surface area (TPSA) is 128 Å². The molecule has 32 heavy (non-hydrogen) atoms. The van der Waals surface area contributed by atoms with E-state index in [9.17, 15) is 24.1 Å². The fourth-order valence-corrected chi connectivity index (χ4v) is 4.33. The molecule has 1 amide bonds. The number of ether oxygens (including phenoxy) is 1. The Morgan fingerprint density at radius 2 is 1.78 bits per heavy atom. The number of aromatic hydroxyl groups is 1. The van der Waals surface area contributed by atoms with Crippen LogP contribution in [0.5, 0.6) is 5.75 Å². The van der Waals surface area contributed by atoms with E-state index >= 15 is 0 Å². The molecule has 0 aromatic heterocycles. The summed E-state index contributed by atoms with van der Waals surface area (Å²) < 4.78 is 26.7. The van der Waals surface area contributed by atoms with Gasteiger partial charge in [-0.3, -0.25) is 14.2 Å². The lowest BCUT2D eigenvalue weighted by atomic mass is 10.0. The van der Waals surface area contributed by atoms with E-state index in [1.807, 2.05) is 0 Å². The highest BCUT2D eigenvalue weighted by atomic mass is 35.5. The fourth-order valence-electron chi connectivity index (χ4n) is 2.85. The molecule has 0 bridgehead atoms. The molecule has 0 aliphatic rings. The molecular weight excluding hydrogens is 461 g/mol. The van der Waals surface area contributed by atoms with Crippen molar-refractivity contribution in [1.29, 1.82) is 0 Å². The zero-order valence-corrected chi connectivity index (χ0v) is 19.3. The maximum atomic E-state index is 12.7. The average molecular weight is 484 g/mol. The molecule has 9 nitrogen and oxygen atoms in total. The summed E-state index contributed by atoms with van der Waals surface area (Å²) in [5.74, 6) is -3.67. The van der Waals surface area contributed by atoms with Crippen molar-refractivity contribution < 1.29 is 37.8 Å². The Balaban J connectivity index is 2.15. The summed E-state index contributed by atoms with van der Waals surface area (Å²) in [4.78, 5) is 37.2. The minimum atomic E-state index is -4.04. The number of amides is 1. The number of rotatable bonds is 10. The van der Waals surface area contributed by atoms with Crippen molar-refractivity contribution in [2.45, 2.75) is 18.6 Å². The second-order valence-corrected chi connectivity index (χ2v) is 9.33. The van der Waals surface area contributed by atoms with Gasteiger partial charge >= 0.3 is 13.6 Å². The molecule has 0 aliphatic carbocycles. The van der Waals surface area contributed by atoms with Crippen LogP contribution in [-0.4, -0.2) is 49.9 Å². The number of phenolic OH excluding ortho intramolecular Hbond substituents is 1. The van der Waals surface area contributed by atoms with Crippen LogP contribution in [0.2, 0.25) is 5.02 Å². The number of halogens is 1. The van der Waals surface area contributed by atoms with Gasteiger partial charge in [-0.25, -0.2) is 4.79 Å². The van der Waals surface area contributed by atoms with Gasteiger partial charge in [-0.05, 0) is 36.2 Å². The van der Waals surface area contributed by atoms with Gasteiger partial charge in [-0.1, -0.05) is 29.8 Å². The Morgan fingerprint density at radius 3 is 2.34 bits per heavy atom. The van der Waals surface area contributed by atoms with Crippen molar-refractivity contribution in [2.75, 3.05) is 21.3 Å². The van der Waals surface area contributed by atoms with Crippen LogP contribution in [0.1, 0.15) is 32.7 Å². The van der Waals surface area contributed by atoms with Crippen LogP contribution in [-0.2, 0) is 29.6 Å². The van der Waals surface area contributed by atoms with Gasteiger partial charge in [0, 0.05) is 26.2 Å². The van der Waals surface area contributed by atoms with E-state index in [2.05, 4.69) is 10.1 Å². The summed E-state index contributed by atoms with van der Waals surface area (Å²) >= 11 is 6.19. The van der Waals surface area contributed by atoms with E-state index < -0.39 is 25.3 Å². The number of hydrogen-bond donors (Lipinski definition) is 2. The van der Waals surface area contributed by atoms with Crippen molar-refractivity contribution in [2.24, 2.45) is 0 Å². The van der Waals surface area contributed by atoms with Crippen molar-refractivity contribution >= 4 is 36.9 Å². The first kappa shape index (κ1) is 25.5. The highest BCUT2D eigenvalue weighted by Crippen LogP contribution is 2.50. The smallest absolute Gasteiger partial charge is 0.363 e. The number of carbonyl (C=O) groups is 3. The zero-order valence-electron chi connectivity index (χ0n) is 17.7. The van der Waals surface area contributed by atoms with Crippen molar-refractivity contribution in [3.8, 4) is 5.75 Å². The summed E-state index contributed by atoms with van der Waals surface area (Å²) in [6.07, 6.45) is 0.581. The second kappa shape index (κ2) is 11.2. The standard InChI is InChI=1S/C21H23ClNO8P/c1-29-21(27)20(32(28,30-2)31-3)23-19(26)16-9-8-14(12-17(16)22)18(25)10-7-13-5-4-6-15(24)11-13/h4-6,8-9,11-12,20,24H,7,10H2,1-3H3,(H,23,26). The summed E-state index contributed by atoms with van der Waals surface area (Å²) in [6, 6.07) is 10.7. The van der Waals surface area contributed by atoms with E-state index in [-0.39, 0.29) is 34.1 Å². The molecule has 2 N–H and O–H groups in total. The maximum absolute atomic E-state index is 12.7. The van der Waals surface area contributed by atoms with Crippen LogP contribution < -0.4 is 5.32 Å². The molecule has 2 aromatic rings. The number of Topliss-reactive ketones (excluding diaryl/α,β-unsaturated/α-hetero) is 1. The third kappa shape index (κ3) is 6.17. The minimum absolute atomic E-state index is 0.0426. The number of nitrogens with one attached hydrogen (secondary N) is 1. The molecule has 0 aliphatic heterocycles. The van der Waals surface area contributed by atoms with Gasteiger partial charge in [-0.15, -0.1) is 0 Å². The molecule has 172 valence electrons. The molecule has 1 unspecified atom stereocenters. The van der Waals surface area contributed by atoms with E-state index in [1.165, 1.54) is 24.3 Å². The lowest BCUT2D eigenvalue weighted by molar-refractivity contribution is -0.141. The number of esters is 1. The molecule has 2 rings (SSSR count). The number of benzene rings is 2. The molecule has 0 radical (unpaired) electrons. The average Bonchev–Trinajstić information content (AvgIpc) is 2.79. The number of aryl methyl sites for hydroxylation is 1. The number of hydrogen-bond acceptors (Lipinski definition) is 8. The highest BCUT2D eigenvalue weighted by Gasteiger charge is 2.42. The Labute approximate surface area is 190 Å². The first-order valence-corrected chi connectivity index (χ1v) is 11.3. The van der Waals surface area contributed by atoms with Gasteiger partial charge in [0.25, 0.3) is 5.91 Å². The van der Waals surface area contributed by atoms with Gasteiger partial charge in [0.2, 0.25) is 5.78 Å². The van der Waals surface area contributed by atoms with E-state index in [0.717, 1.165) is 26.9 Å². The van der Waals surface area contributed by atoms with Crippen LogP contribution in [0.4, 0.5) is 0 Å². The first-order chi connectivity index (χ1) is 15.1. The Morgan fingerprint density at radius 1 is 1.09 bits per heavy atom. The Kier molecular flexibility index (Phi) is 8.98. The van der Waals surface area contributed by atoms with E-state index in [0.29, 0.717) is 6.42 Å². The van der Waals surface area contributed by atoms with Crippen molar-refractivity contribution in [1.82, 2.24) is 5.32 Å². The molecule has 0 saturated heterocycles. The molecular formula is C21H23ClNO8P. The summed E-state index contributed by atoms with van der Waals surface area (Å²) in [5.41, 5.74) is 1.04. The van der Waals surface area contributed by atoms with Crippen molar-refractivity contribution in [3.05, 3.63) is 64.2 Å². The summed E-state index contributed by atoms with van der Waals surface area (Å²) in [5, 5.41) is 11.7. The van der Waals surface area contributed by atoms with Gasteiger partial charge < -0.3 is 24.2 Å². The molecule has 0 fully saturated rings. The number of ketones is 1. The lowest BCUT2D eigenvalue weighted by Gasteiger charge is -2.23. The van der Waals surface area contributed by atoms with Gasteiger partial charge in [0.05, 0.1) is 17.7 Å². The van der Waals surface area contributed by atoms with Crippen LogP contribution in [0.25, 0.3) is 0 Å². The normalized spacial score (nSPS) is 12.1. The SMILES string of the molecule is COC(=O)C(NC(=O)c1ccc(C(=O)CCc2cccc(O)c2)cc1Cl)P(=O)(OC)OC. The van der Waals surface area contributed by atoms with Crippen molar-refractivity contribution in [3.63, 3.8) is 0 Å². The molecule has 0 spiro atoms. The summed E-state index contributed by atoms with van der Waals surface area (Å²) in [7, 11) is -0.853. The predicted octanol–water partition coefficient (Wildman–Crippen LogP) is 3.58. The molecule has 11 heteroatoms. The lowest BCUT2D eigenvalue weighted by Crippen LogP contribution is -2.42. The second-order valence-electron chi connectivity index (χ2n) is 6.59. The number of phenols is 1. The van der Waals surface area contributed by atoms with Crippen LogP contribution in [0.3, 0.4) is 0 Å². The number of methoxy groups -OCH3 is 1. The Bertz CT molecular complexity index is 1050. The summed E-state index contributed by atoms with van der Waals surface area (Å²) in [6.45, 7) is 0. The molecule has 0 heterocycles. The van der Waals surface area contributed by atoms with Gasteiger partial charge in [-0.2, -0.15) is 0 Å². The molecule has 0 saturated carbocycles. The predicted molar refractivity (Wildman–Crippen MR) is 117 cm³/mol. The number of carbonyl (C=O) groups excluding carboxylic acids is 3. The quantitative estimate of drug-likeness (QED) is 0.298. The maximum Gasteiger partial charge on any atom is 0.363 e. The van der Waals surface area contributed by atoms with Crippen LogP contribution in [0.15, 0.2) is 42.5 Å². The van der Waals surface area contributed by atoms with Crippen LogP contribution in [0, 0.1) is 0 Å². The highest BCUT2D eigenvalue weighted by molar-refractivity contribution is 7.55. The molecule has 2 aromatic carbocycles. The van der Waals surface area contributed by atoms with E-state index in [1.54, 1.807) is 18.2 Å².